The fourth-order valence-corrected chi connectivity index (χ4v) is 1.91. The van der Waals surface area contributed by atoms with Crippen LogP contribution in [0.1, 0.15) is 12.5 Å². The van der Waals surface area contributed by atoms with Gasteiger partial charge in [-0.05, 0) is 6.42 Å². The van der Waals surface area contributed by atoms with Gasteiger partial charge in [-0.3, -0.25) is 0 Å². The van der Waals surface area contributed by atoms with Gasteiger partial charge in [-0.1, -0.05) is 11.6 Å². The maximum Gasteiger partial charge on any atom is 0.178 e. The van der Waals surface area contributed by atoms with E-state index in [1.165, 1.54) is 6.20 Å². The van der Waals surface area contributed by atoms with E-state index < -0.39 is 0 Å². The van der Waals surface area contributed by atoms with E-state index in [2.05, 4.69) is 15.1 Å². The van der Waals surface area contributed by atoms with Crippen molar-refractivity contribution in [3.05, 3.63) is 17.5 Å². The summed E-state index contributed by atoms with van der Waals surface area (Å²) in [5.41, 5.74) is 1.50. The fourth-order valence-electron chi connectivity index (χ4n) is 1.78. The van der Waals surface area contributed by atoms with E-state index in [9.17, 15) is 0 Å². The van der Waals surface area contributed by atoms with E-state index >= 15 is 0 Å². The largest absolute Gasteiger partial charge is 0.379 e. The van der Waals surface area contributed by atoms with Crippen LogP contribution in [0.5, 0.6) is 0 Å². The number of halogens is 1. The Morgan fingerprint density at radius 1 is 1.47 bits per heavy atom. The van der Waals surface area contributed by atoms with Crippen LogP contribution in [0.2, 0.25) is 5.15 Å². The third-order valence-corrected chi connectivity index (χ3v) is 2.71. The van der Waals surface area contributed by atoms with Gasteiger partial charge in [0, 0.05) is 6.61 Å². The SMILES string of the molecule is Clc1cnc2cnn([C@@H]3CCOC3)c2n1. The second-order valence-corrected chi connectivity index (χ2v) is 3.90. The number of aromatic nitrogens is 4. The lowest BCUT2D eigenvalue weighted by Gasteiger charge is -2.08. The van der Waals surface area contributed by atoms with Gasteiger partial charge >= 0.3 is 0 Å². The predicted molar refractivity (Wildman–Crippen MR) is 54.8 cm³/mol. The van der Waals surface area contributed by atoms with Crippen LogP contribution in [0.15, 0.2) is 12.4 Å². The van der Waals surface area contributed by atoms with Crippen molar-refractivity contribution in [2.45, 2.75) is 12.5 Å². The summed E-state index contributed by atoms with van der Waals surface area (Å²) in [6.07, 6.45) is 4.20. The highest BCUT2D eigenvalue weighted by Crippen LogP contribution is 2.22. The van der Waals surface area contributed by atoms with Gasteiger partial charge < -0.3 is 4.74 Å². The molecule has 0 saturated carbocycles. The molecule has 0 aromatic carbocycles. The molecule has 0 amide bonds. The molecule has 0 unspecified atom stereocenters. The molecule has 1 atom stereocenters. The van der Waals surface area contributed by atoms with Crippen LogP contribution in [0.3, 0.4) is 0 Å². The Balaban J connectivity index is 2.13. The summed E-state index contributed by atoms with van der Waals surface area (Å²) in [5.74, 6) is 0. The van der Waals surface area contributed by atoms with E-state index in [4.69, 9.17) is 16.3 Å². The monoisotopic (exact) mass is 224 g/mol. The van der Waals surface area contributed by atoms with Gasteiger partial charge in [-0.15, -0.1) is 0 Å². The second kappa shape index (κ2) is 3.43. The quantitative estimate of drug-likeness (QED) is 0.736. The zero-order valence-electron chi connectivity index (χ0n) is 7.93. The van der Waals surface area contributed by atoms with E-state index in [1.807, 2.05) is 4.68 Å². The highest BCUT2D eigenvalue weighted by molar-refractivity contribution is 6.29. The topological polar surface area (TPSA) is 52.8 Å². The molecule has 0 bridgehead atoms. The third kappa shape index (κ3) is 1.48. The number of fused-ring (bicyclic) bond motifs is 1. The molecular formula is C9H9ClN4O. The summed E-state index contributed by atoms with van der Waals surface area (Å²) in [6, 6.07) is 0.260. The Kier molecular flexibility index (Phi) is 2.07. The molecule has 3 heterocycles. The van der Waals surface area contributed by atoms with Crippen LogP contribution in [0.25, 0.3) is 11.2 Å². The highest BCUT2D eigenvalue weighted by Gasteiger charge is 2.21. The van der Waals surface area contributed by atoms with E-state index in [-0.39, 0.29) is 6.04 Å². The van der Waals surface area contributed by atoms with Crippen LogP contribution in [0, 0.1) is 0 Å². The molecule has 1 aliphatic heterocycles. The first-order chi connectivity index (χ1) is 7.34. The minimum absolute atomic E-state index is 0.260. The van der Waals surface area contributed by atoms with Crippen molar-refractivity contribution in [2.24, 2.45) is 0 Å². The van der Waals surface area contributed by atoms with Crippen LogP contribution >= 0.6 is 11.6 Å². The zero-order chi connectivity index (χ0) is 10.3. The highest BCUT2D eigenvalue weighted by atomic mass is 35.5. The number of ether oxygens (including phenoxy) is 1. The van der Waals surface area contributed by atoms with Crippen LogP contribution in [-0.2, 0) is 4.74 Å². The molecule has 0 radical (unpaired) electrons. The van der Waals surface area contributed by atoms with Gasteiger partial charge in [0.2, 0.25) is 0 Å². The Hall–Kier alpha value is -1.20. The lowest BCUT2D eigenvalue weighted by atomic mass is 10.3. The molecule has 3 rings (SSSR count). The van der Waals surface area contributed by atoms with Crippen molar-refractivity contribution in [1.82, 2.24) is 19.7 Å². The summed E-state index contributed by atoms with van der Waals surface area (Å²) in [6.45, 7) is 1.46. The average molecular weight is 225 g/mol. The molecule has 0 N–H and O–H groups in total. The van der Waals surface area contributed by atoms with Crippen molar-refractivity contribution in [3.63, 3.8) is 0 Å². The van der Waals surface area contributed by atoms with Crippen molar-refractivity contribution in [1.29, 1.82) is 0 Å². The second-order valence-electron chi connectivity index (χ2n) is 3.51. The first-order valence-corrected chi connectivity index (χ1v) is 5.16. The van der Waals surface area contributed by atoms with Gasteiger partial charge in [-0.2, -0.15) is 5.10 Å². The Morgan fingerprint density at radius 3 is 3.20 bits per heavy atom. The fraction of sp³-hybridized carbons (Fsp3) is 0.444. The molecule has 1 saturated heterocycles. The molecule has 1 fully saturated rings. The molecule has 0 spiro atoms. The average Bonchev–Trinajstić information content (AvgIpc) is 2.83. The smallest absolute Gasteiger partial charge is 0.178 e. The number of rotatable bonds is 1. The summed E-state index contributed by atoms with van der Waals surface area (Å²) >= 11 is 5.81. The van der Waals surface area contributed by atoms with Gasteiger partial charge in [0.1, 0.15) is 10.7 Å². The first kappa shape index (κ1) is 9.06. The summed E-state index contributed by atoms with van der Waals surface area (Å²) in [4.78, 5) is 8.38. The predicted octanol–water partition coefficient (Wildman–Crippen LogP) is 1.44. The van der Waals surface area contributed by atoms with Gasteiger partial charge in [0.25, 0.3) is 0 Å². The molecule has 78 valence electrons. The normalized spacial score (nSPS) is 21.3. The Morgan fingerprint density at radius 2 is 2.40 bits per heavy atom. The molecule has 2 aromatic heterocycles. The molecule has 5 nitrogen and oxygen atoms in total. The molecule has 6 heteroatoms. The number of nitrogens with zero attached hydrogens (tertiary/aromatic N) is 4. The van der Waals surface area contributed by atoms with Gasteiger partial charge in [-0.25, -0.2) is 14.6 Å². The maximum absolute atomic E-state index is 5.81. The maximum atomic E-state index is 5.81. The minimum Gasteiger partial charge on any atom is -0.379 e. The van der Waals surface area contributed by atoms with Crippen LogP contribution in [-0.4, -0.2) is 33.0 Å². The van der Waals surface area contributed by atoms with E-state index in [1.54, 1.807) is 6.20 Å². The van der Waals surface area contributed by atoms with Crippen molar-refractivity contribution in [3.8, 4) is 0 Å². The molecule has 1 aliphatic rings. The minimum atomic E-state index is 0.260. The molecule has 15 heavy (non-hydrogen) atoms. The summed E-state index contributed by atoms with van der Waals surface area (Å²) in [7, 11) is 0. The lowest BCUT2D eigenvalue weighted by Crippen LogP contribution is -2.10. The van der Waals surface area contributed by atoms with E-state index in [0.717, 1.165) is 24.2 Å². The Bertz CT molecular complexity index is 492. The van der Waals surface area contributed by atoms with Crippen molar-refractivity contribution < 1.29 is 4.74 Å². The van der Waals surface area contributed by atoms with Crippen molar-refractivity contribution >= 4 is 22.8 Å². The molecular weight excluding hydrogens is 216 g/mol. The standard InChI is InChI=1S/C9H9ClN4O/c10-8-4-11-7-3-12-14(9(7)13-8)6-1-2-15-5-6/h3-4,6H,1-2,5H2/t6-/m1/s1. The Labute approximate surface area is 91.0 Å². The van der Waals surface area contributed by atoms with Crippen LogP contribution < -0.4 is 0 Å². The van der Waals surface area contributed by atoms with Crippen LogP contribution in [0.4, 0.5) is 0 Å². The van der Waals surface area contributed by atoms with Crippen molar-refractivity contribution in [2.75, 3.05) is 13.2 Å². The number of hydrogen-bond acceptors (Lipinski definition) is 4. The molecule has 2 aromatic rings. The molecule has 0 aliphatic carbocycles. The third-order valence-electron chi connectivity index (χ3n) is 2.52. The zero-order valence-corrected chi connectivity index (χ0v) is 8.68. The first-order valence-electron chi connectivity index (χ1n) is 4.78. The van der Waals surface area contributed by atoms with Gasteiger partial charge in [0.05, 0.1) is 25.0 Å². The summed E-state index contributed by atoms with van der Waals surface area (Å²) in [5, 5.41) is 4.66. The van der Waals surface area contributed by atoms with Gasteiger partial charge in [0.15, 0.2) is 5.65 Å². The van der Waals surface area contributed by atoms with E-state index in [0.29, 0.717) is 11.8 Å². The lowest BCUT2D eigenvalue weighted by molar-refractivity contribution is 0.185. The summed E-state index contributed by atoms with van der Waals surface area (Å²) < 4.78 is 7.17. The number of hydrogen-bond donors (Lipinski definition) is 0.